The predicted octanol–water partition coefficient (Wildman–Crippen LogP) is 2.21. The molecule has 0 aliphatic carbocycles. The molecular weight excluding hydrogens is 142 g/mol. The Labute approximate surface area is 50.5 Å². The summed E-state index contributed by atoms with van der Waals surface area (Å²) in [5, 5.41) is 0. The lowest BCUT2D eigenvalue weighted by molar-refractivity contribution is 0.159. The van der Waals surface area contributed by atoms with E-state index in [9.17, 15) is 8.78 Å². The molecule has 0 aromatic rings. The van der Waals surface area contributed by atoms with E-state index in [0.717, 1.165) is 0 Å². The van der Waals surface area contributed by atoms with Gasteiger partial charge in [-0.1, -0.05) is 23.8 Å². The Kier molecular flexibility index (Phi) is 3.38. The minimum absolute atomic E-state index is 0.157. The van der Waals surface area contributed by atoms with Crippen molar-refractivity contribution in [3.63, 3.8) is 0 Å². The Hall–Kier alpha value is 0.240. The highest BCUT2D eigenvalue weighted by Gasteiger charge is 2.02. The van der Waals surface area contributed by atoms with Gasteiger partial charge in [0.05, 0.1) is 10.7 Å². The van der Waals surface area contributed by atoms with E-state index in [0.29, 0.717) is 0 Å². The third-order valence-corrected chi connectivity index (χ3v) is 0.636. The van der Waals surface area contributed by atoms with Gasteiger partial charge in [0.25, 0.3) is 0 Å². The second kappa shape index (κ2) is 3.27. The maximum absolute atomic E-state index is 11.1. The van der Waals surface area contributed by atoms with Crippen LogP contribution in [0.15, 0.2) is 0 Å². The lowest BCUT2D eigenvalue weighted by Crippen LogP contribution is -1.93. The summed E-state index contributed by atoms with van der Waals surface area (Å²) in [6, 6.07) is 0. The first-order chi connectivity index (χ1) is 3.13. The maximum Gasteiger partial charge on any atom is 0.244 e. The molecule has 0 aromatic heterocycles. The molecule has 0 aliphatic heterocycles. The standard InChI is InChI=1S/C3H3ClF2S/c4-2(7)1-3(5)6/h3H,1H2. The fraction of sp³-hybridized carbons (Fsp3) is 0.667. The average Bonchev–Trinajstić information content (AvgIpc) is 1.27. The number of rotatable bonds is 2. The largest absolute Gasteiger partial charge is 0.244 e. The van der Waals surface area contributed by atoms with Gasteiger partial charge in [-0.2, -0.15) is 0 Å². The third kappa shape index (κ3) is 6.24. The molecule has 0 saturated heterocycles. The van der Waals surface area contributed by atoms with E-state index >= 15 is 0 Å². The van der Waals surface area contributed by atoms with Crippen LogP contribution in [0.3, 0.4) is 0 Å². The third-order valence-electron chi connectivity index (χ3n) is 0.315. The molecule has 0 atom stereocenters. The smallest absolute Gasteiger partial charge is 0.210 e. The van der Waals surface area contributed by atoms with Gasteiger partial charge in [0.2, 0.25) is 6.43 Å². The van der Waals surface area contributed by atoms with Crippen LogP contribution < -0.4 is 0 Å². The van der Waals surface area contributed by atoms with Gasteiger partial charge >= 0.3 is 0 Å². The molecule has 0 aliphatic rings. The van der Waals surface area contributed by atoms with E-state index in [1.165, 1.54) is 0 Å². The van der Waals surface area contributed by atoms with Crippen molar-refractivity contribution >= 4 is 28.1 Å². The minimum Gasteiger partial charge on any atom is -0.210 e. The number of hydrogen-bond donors (Lipinski definition) is 0. The molecule has 42 valence electrons. The molecule has 0 heterocycles. The summed E-state index contributed by atoms with van der Waals surface area (Å²) in [5.41, 5.74) is 0. The molecule has 0 rings (SSSR count). The highest BCUT2D eigenvalue weighted by Crippen LogP contribution is 2.02. The Morgan fingerprint density at radius 3 is 2.14 bits per heavy atom. The van der Waals surface area contributed by atoms with Gasteiger partial charge in [-0.3, -0.25) is 0 Å². The summed E-state index contributed by atoms with van der Waals surface area (Å²) in [6.07, 6.45) is -2.87. The van der Waals surface area contributed by atoms with Gasteiger partial charge in [0.1, 0.15) is 0 Å². The van der Waals surface area contributed by atoms with E-state index in [1.807, 2.05) is 0 Å². The minimum atomic E-state index is -2.40. The van der Waals surface area contributed by atoms with Gasteiger partial charge in [-0.15, -0.1) is 0 Å². The van der Waals surface area contributed by atoms with Gasteiger partial charge in [-0.05, 0) is 0 Å². The zero-order valence-electron chi connectivity index (χ0n) is 3.33. The summed E-state index contributed by atoms with van der Waals surface area (Å²) >= 11 is 9.08. The zero-order chi connectivity index (χ0) is 5.86. The molecule has 4 heteroatoms. The molecular formula is C3H3ClF2S. The highest BCUT2D eigenvalue weighted by atomic mass is 35.5. The predicted molar refractivity (Wildman–Crippen MR) is 29.1 cm³/mol. The molecule has 0 fully saturated rings. The van der Waals surface area contributed by atoms with Crippen molar-refractivity contribution in [2.45, 2.75) is 12.8 Å². The first kappa shape index (κ1) is 7.24. The fourth-order valence-electron chi connectivity index (χ4n) is 0.121. The van der Waals surface area contributed by atoms with Crippen molar-refractivity contribution in [3.05, 3.63) is 0 Å². The normalized spacial score (nSPS) is 9.71. The topological polar surface area (TPSA) is 0 Å². The summed E-state index contributed by atoms with van der Waals surface area (Å²) in [6.45, 7) is 0. The Morgan fingerprint density at radius 1 is 1.71 bits per heavy atom. The molecule has 0 unspecified atom stereocenters. The lowest BCUT2D eigenvalue weighted by atomic mass is 10.5. The molecule has 0 aromatic carbocycles. The second-order valence-corrected chi connectivity index (χ2v) is 2.12. The van der Waals surface area contributed by atoms with Gasteiger partial charge < -0.3 is 0 Å². The van der Waals surface area contributed by atoms with Crippen LogP contribution in [-0.4, -0.2) is 10.7 Å². The van der Waals surface area contributed by atoms with Crippen molar-refractivity contribution in [2.24, 2.45) is 0 Å². The number of hydrogen-bond acceptors (Lipinski definition) is 1. The number of thiocarbonyl (C=S) groups is 1. The zero-order valence-corrected chi connectivity index (χ0v) is 4.90. The lowest BCUT2D eigenvalue weighted by Gasteiger charge is -1.88. The summed E-state index contributed by atoms with van der Waals surface area (Å²) in [5.74, 6) is 0. The summed E-state index contributed by atoms with van der Waals surface area (Å²) in [7, 11) is 0. The summed E-state index contributed by atoms with van der Waals surface area (Å²) < 4.78 is 22.1. The van der Waals surface area contributed by atoms with Crippen LogP contribution in [-0.2, 0) is 0 Å². The van der Waals surface area contributed by atoms with Crippen LogP contribution in [0, 0.1) is 0 Å². The van der Waals surface area contributed by atoms with E-state index < -0.39 is 12.8 Å². The average molecular weight is 145 g/mol. The Balaban J connectivity index is 3.13. The molecule has 0 radical (unpaired) electrons. The first-order valence-corrected chi connectivity index (χ1v) is 2.38. The van der Waals surface area contributed by atoms with Crippen LogP contribution in [0.2, 0.25) is 0 Å². The number of halogens is 3. The molecule has 0 amide bonds. The van der Waals surface area contributed by atoms with Gasteiger partial charge in [-0.25, -0.2) is 8.78 Å². The molecule has 0 saturated carbocycles. The fourth-order valence-corrected chi connectivity index (χ4v) is 0.364. The van der Waals surface area contributed by atoms with E-state index in [2.05, 4.69) is 12.2 Å². The monoisotopic (exact) mass is 144 g/mol. The van der Waals surface area contributed by atoms with Crippen molar-refractivity contribution in [1.82, 2.24) is 0 Å². The van der Waals surface area contributed by atoms with Gasteiger partial charge in [0.15, 0.2) is 0 Å². The van der Waals surface area contributed by atoms with Crippen molar-refractivity contribution in [1.29, 1.82) is 0 Å². The van der Waals surface area contributed by atoms with Crippen LogP contribution in [0.1, 0.15) is 6.42 Å². The molecule has 0 bridgehead atoms. The van der Waals surface area contributed by atoms with E-state index in [4.69, 9.17) is 11.6 Å². The van der Waals surface area contributed by atoms with Gasteiger partial charge in [0, 0.05) is 0 Å². The highest BCUT2D eigenvalue weighted by molar-refractivity contribution is 7.83. The SMILES string of the molecule is FC(F)CC(=S)Cl. The van der Waals surface area contributed by atoms with Crippen LogP contribution in [0.4, 0.5) is 8.78 Å². The molecule has 7 heavy (non-hydrogen) atoms. The quantitative estimate of drug-likeness (QED) is 0.423. The second-order valence-electron chi connectivity index (χ2n) is 0.950. The Morgan fingerprint density at radius 2 is 2.14 bits per heavy atom. The molecule has 0 nitrogen and oxygen atoms in total. The maximum atomic E-state index is 11.1. The van der Waals surface area contributed by atoms with Crippen LogP contribution >= 0.6 is 23.8 Å². The Bertz CT molecular complexity index is 73.3. The molecule has 0 spiro atoms. The summed E-state index contributed by atoms with van der Waals surface area (Å²) in [4.78, 5) is 0. The van der Waals surface area contributed by atoms with Crippen molar-refractivity contribution < 1.29 is 8.78 Å². The van der Waals surface area contributed by atoms with Crippen LogP contribution in [0.5, 0.6) is 0 Å². The van der Waals surface area contributed by atoms with Crippen molar-refractivity contribution in [2.75, 3.05) is 0 Å². The van der Waals surface area contributed by atoms with Crippen molar-refractivity contribution in [3.8, 4) is 0 Å². The van der Waals surface area contributed by atoms with Crippen LogP contribution in [0.25, 0.3) is 0 Å². The molecule has 0 N–H and O–H groups in total. The van der Waals surface area contributed by atoms with E-state index in [-0.39, 0.29) is 4.32 Å². The first-order valence-electron chi connectivity index (χ1n) is 1.59. The van der Waals surface area contributed by atoms with E-state index in [1.54, 1.807) is 0 Å². The number of alkyl halides is 2.